The Morgan fingerprint density at radius 3 is 2.93 bits per heavy atom. The Morgan fingerprint density at radius 2 is 2.15 bits per heavy atom. The van der Waals surface area contributed by atoms with Crippen LogP contribution < -0.4 is 31.8 Å². The van der Waals surface area contributed by atoms with Crippen LogP contribution in [0.5, 0.6) is 0 Å². The first-order valence-electron chi connectivity index (χ1n) is 9.84. The van der Waals surface area contributed by atoms with Crippen molar-refractivity contribution in [2.75, 3.05) is 19.6 Å². The highest BCUT2D eigenvalue weighted by Gasteiger charge is 2.48. The average molecular weight is 403 g/mol. The van der Waals surface area contributed by atoms with E-state index in [1.54, 1.807) is 5.01 Å². The van der Waals surface area contributed by atoms with Crippen LogP contribution in [0, 0.1) is 5.92 Å². The van der Waals surface area contributed by atoms with Crippen LogP contribution in [0.4, 0.5) is 4.39 Å². The van der Waals surface area contributed by atoms with Crippen molar-refractivity contribution in [2.45, 2.75) is 68.9 Å². The molecule has 0 bridgehead atoms. The first-order valence-corrected chi connectivity index (χ1v) is 10.7. The number of amides is 1. The molecule has 0 aromatic heterocycles. The fourth-order valence-electron chi connectivity index (χ4n) is 4.68. The number of nitrogens with one attached hydrogen (secondary N) is 5. The lowest BCUT2D eigenvalue weighted by Gasteiger charge is -2.41. The van der Waals surface area contributed by atoms with Gasteiger partial charge in [-0.3, -0.25) is 15.0 Å². The van der Waals surface area contributed by atoms with Crippen molar-refractivity contribution in [2.24, 2.45) is 11.7 Å². The number of nitrogens with zero attached hydrogens (tertiary/aromatic N) is 2. The molecule has 0 aromatic rings. The van der Waals surface area contributed by atoms with Crippen LogP contribution in [0.1, 0.15) is 26.7 Å². The summed E-state index contributed by atoms with van der Waals surface area (Å²) in [7, 11) is 0. The monoisotopic (exact) mass is 402 g/mol. The van der Waals surface area contributed by atoms with Gasteiger partial charge in [0.1, 0.15) is 11.7 Å². The summed E-state index contributed by atoms with van der Waals surface area (Å²) < 4.78 is 17.0. The molecule has 8 unspecified atom stereocenters. The minimum Gasteiger partial charge on any atom is -0.330 e. The van der Waals surface area contributed by atoms with Gasteiger partial charge in [0.25, 0.3) is 0 Å². The van der Waals surface area contributed by atoms with E-state index >= 15 is 0 Å². The summed E-state index contributed by atoms with van der Waals surface area (Å²) in [6, 6.07) is 0.724. The van der Waals surface area contributed by atoms with Crippen molar-refractivity contribution >= 4 is 17.9 Å². The van der Waals surface area contributed by atoms with Gasteiger partial charge >= 0.3 is 0 Å². The van der Waals surface area contributed by atoms with E-state index in [1.165, 1.54) is 11.9 Å². The van der Waals surface area contributed by atoms with Crippen LogP contribution in [-0.2, 0) is 4.79 Å². The second-order valence-corrected chi connectivity index (χ2v) is 8.87. The van der Waals surface area contributed by atoms with E-state index < -0.39 is 18.3 Å². The number of rotatable bonds is 3. The largest absolute Gasteiger partial charge is 0.330 e. The summed E-state index contributed by atoms with van der Waals surface area (Å²) in [6.45, 7) is 5.84. The maximum Gasteiger partial charge on any atom is 0.231 e. The molecule has 8 atom stereocenters. The van der Waals surface area contributed by atoms with Gasteiger partial charge < -0.3 is 16.4 Å². The third kappa shape index (κ3) is 3.84. The summed E-state index contributed by atoms with van der Waals surface area (Å²) in [5, 5.41) is 11.5. The molecular formula is C16H31FN8OS. The molecule has 0 saturated carbocycles. The zero-order valence-electron chi connectivity index (χ0n) is 15.8. The van der Waals surface area contributed by atoms with Gasteiger partial charge in [0.2, 0.25) is 5.91 Å². The molecule has 0 spiro atoms. The van der Waals surface area contributed by atoms with Crippen LogP contribution >= 0.6 is 11.9 Å². The van der Waals surface area contributed by atoms with Crippen molar-refractivity contribution in [3.8, 4) is 0 Å². The van der Waals surface area contributed by atoms with Gasteiger partial charge in [-0.2, -0.15) is 0 Å². The molecule has 1 amide bonds. The van der Waals surface area contributed by atoms with Crippen molar-refractivity contribution in [1.82, 2.24) is 36.0 Å². The predicted molar refractivity (Wildman–Crippen MR) is 102 cm³/mol. The highest BCUT2D eigenvalue weighted by atomic mass is 32.2. The zero-order valence-corrected chi connectivity index (χ0v) is 16.6. The second-order valence-electron chi connectivity index (χ2n) is 7.96. The van der Waals surface area contributed by atoms with Gasteiger partial charge in [0.05, 0.1) is 24.4 Å². The summed E-state index contributed by atoms with van der Waals surface area (Å²) >= 11 is 1.53. The standard InChI is InChI=1S/C16H31FN8OS/c1-8-11(4-3-5-19-8)25-9(2)23-27-16(25)21-15(26)12-13(18)22-24-7-10(17)6-20-14(12)24/h8-14,16,19-20,22-23H,3-7,18H2,1-2H3,(H,21,26). The molecule has 4 fully saturated rings. The lowest BCUT2D eigenvalue weighted by Crippen LogP contribution is -2.61. The van der Waals surface area contributed by atoms with E-state index in [4.69, 9.17) is 5.73 Å². The van der Waals surface area contributed by atoms with Crippen LogP contribution in [0.2, 0.25) is 0 Å². The molecule has 4 aliphatic heterocycles. The first kappa shape index (κ1) is 19.8. The third-order valence-electron chi connectivity index (χ3n) is 6.06. The zero-order chi connectivity index (χ0) is 19.1. The van der Waals surface area contributed by atoms with Gasteiger partial charge in [-0.05, 0) is 45.2 Å². The number of nitrogens with two attached hydrogens (primary N) is 1. The Balaban J connectivity index is 1.43. The van der Waals surface area contributed by atoms with Crippen molar-refractivity contribution < 1.29 is 9.18 Å². The Kier molecular flexibility index (Phi) is 5.91. The molecule has 0 aliphatic carbocycles. The van der Waals surface area contributed by atoms with E-state index in [0.717, 1.165) is 19.4 Å². The quantitative estimate of drug-likeness (QED) is 0.312. The van der Waals surface area contributed by atoms with E-state index in [1.807, 2.05) is 0 Å². The van der Waals surface area contributed by atoms with E-state index in [-0.39, 0.29) is 36.8 Å². The normalized spacial score (nSPS) is 46.4. The molecule has 154 valence electrons. The molecule has 7 N–H and O–H groups in total. The van der Waals surface area contributed by atoms with Crippen LogP contribution in [-0.4, -0.2) is 77.7 Å². The lowest BCUT2D eigenvalue weighted by molar-refractivity contribution is -0.128. The topological polar surface area (TPSA) is 110 Å². The molecule has 4 aliphatic rings. The molecule has 9 nitrogen and oxygen atoms in total. The van der Waals surface area contributed by atoms with E-state index in [9.17, 15) is 9.18 Å². The first-order chi connectivity index (χ1) is 13.0. The lowest BCUT2D eigenvalue weighted by atomic mass is 9.98. The van der Waals surface area contributed by atoms with Crippen LogP contribution in [0.15, 0.2) is 0 Å². The van der Waals surface area contributed by atoms with Crippen molar-refractivity contribution in [3.05, 3.63) is 0 Å². The summed E-state index contributed by atoms with van der Waals surface area (Å²) in [6.07, 6.45) is 0.620. The molecule has 27 heavy (non-hydrogen) atoms. The number of fused-ring (bicyclic) bond motifs is 1. The molecule has 4 rings (SSSR count). The van der Waals surface area contributed by atoms with Gasteiger partial charge in [-0.25, -0.2) is 19.5 Å². The van der Waals surface area contributed by atoms with Crippen LogP contribution in [0.3, 0.4) is 0 Å². The molecular weight excluding hydrogens is 371 g/mol. The fraction of sp³-hybridized carbons (Fsp3) is 0.938. The minimum absolute atomic E-state index is 0.109. The number of carbonyl (C=O) groups excluding carboxylic acids is 1. The predicted octanol–water partition coefficient (Wildman–Crippen LogP) is -1.59. The highest BCUT2D eigenvalue weighted by Crippen LogP contribution is 2.30. The van der Waals surface area contributed by atoms with Gasteiger partial charge in [-0.1, -0.05) is 0 Å². The fourth-order valence-corrected chi connectivity index (χ4v) is 5.77. The number of halogens is 1. The number of hydrogen-bond donors (Lipinski definition) is 6. The Morgan fingerprint density at radius 1 is 1.33 bits per heavy atom. The van der Waals surface area contributed by atoms with E-state index in [2.05, 4.69) is 44.8 Å². The Hall–Kier alpha value is -0.530. The SMILES string of the molecule is CC1NCCCC1N1C(C)NSC1NC(=O)C1C(N)NN2CC(F)CNC12. The summed E-state index contributed by atoms with van der Waals surface area (Å²) in [5.74, 6) is -0.583. The summed E-state index contributed by atoms with van der Waals surface area (Å²) in [4.78, 5) is 15.4. The smallest absolute Gasteiger partial charge is 0.231 e. The van der Waals surface area contributed by atoms with Crippen molar-refractivity contribution in [3.63, 3.8) is 0 Å². The minimum atomic E-state index is -0.964. The van der Waals surface area contributed by atoms with Crippen molar-refractivity contribution in [1.29, 1.82) is 0 Å². The number of hydrogen-bond acceptors (Lipinski definition) is 9. The molecule has 0 aromatic carbocycles. The summed E-state index contributed by atoms with van der Waals surface area (Å²) in [5.41, 5.74) is 9.04. The third-order valence-corrected chi connectivity index (χ3v) is 7.12. The van der Waals surface area contributed by atoms with E-state index in [0.29, 0.717) is 12.1 Å². The molecule has 4 heterocycles. The number of alkyl halides is 1. The molecule has 4 saturated heterocycles. The number of piperidine rings is 1. The number of hydrazine groups is 1. The average Bonchev–Trinajstić information content (AvgIpc) is 3.14. The highest BCUT2D eigenvalue weighted by molar-refractivity contribution is 7.98. The van der Waals surface area contributed by atoms with Gasteiger partial charge in [-0.15, -0.1) is 0 Å². The second kappa shape index (κ2) is 8.07. The Labute approximate surface area is 163 Å². The molecule has 0 radical (unpaired) electrons. The maximum absolute atomic E-state index is 13.6. The van der Waals surface area contributed by atoms with Gasteiger partial charge in [0.15, 0.2) is 0 Å². The van der Waals surface area contributed by atoms with Crippen LogP contribution in [0.25, 0.3) is 0 Å². The Bertz CT molecular complexity index is 559. The maximum atomic E-state index is 13.6. The molecule has 11 heteroatoms. The number of carbonyl (C=O) groups is 1. The van der Waals surface area contributed by atoms with Gasteiger partial charge in [0, 0.05) is 25.2 Å².